The van der Waals surface area contributed by atoms with E-state index >= 15 is 0 Å². The molecule has 2 aromatic heterocycles. The molecular formula is C15H20N4O4S. The summed E-state index contributed by atoms with van der Waals surface area (Å²) in [5.41, 5.74) is 1.37. The highest BCUT2D eigenvalue weighted by molar-refractivity contribution is 7.89. The van der Waals surface area contributed by atoms with Crippen molar-refractivity contribution in [1.82, 2.24) is 19.0 Å². The molecule has 1 fully saturated rings. The maximum atomic E-state index is 12.4. The van der Waals surface area contributed by atoms with Crippen LogP contribution in [-0.4, -0.2) is 40.5 Å². The van der Waals surface area contributed by atoms with E-state index in [-0.39, 0.29) is 16.4 Å². The van der Waals surface area contributed by atoms with Gasteiger partial charge in [-0.15, -0.1) is 0 Å². The molecule has 9 heteroatoms. The van der Waals surface area contributed by atoms with E-state index in [0.29, 0.717) is 38.0 Å². The lowest BCUT2D eigenvalue weighted by atomic mass is 9.98. The van der Waals surface area contributed by atoms with Crippen molar-refractivity contribution in [2.45, 2.75) is 38.1 Å². The number of hydrogen-bond acceptors (Lipinski definition) is 6. The molecule has 0 radical (unpaired) electrons. The Morgan fingerprint density at radius 2 is 2.00 bits per heavy atom. The van der Waals surface area contributed by atoms with Crippen molar-refractivity contribution in [1.29, 1.82) is 0 Å². The number of aryl methyl sites for hydroxylation is 1. The van der Waals surface area contributed by atoms with Crippen LogP contribution < -0.4 is 5.56 Å². The third-order valence-electron chi connectivity index (χ3n) is 4.59. The van der Waals surface area contributed by atoms with Gasteiger partial charge < -0.3 is 4.52 Å². The van der Waals surface area contributed by atoms with Gasteiger partial charge in [0, 0.05) is 30.9 Å². The number of piperidine rings is 1. The molecule has 8 nitrogen and oxygen atoms in total. The molecule has 0 atom stereocenters. The molecule has 3 rings (SSSR count). The van der Waals surface area contributed by atoms with Crippen LogP contribution in [0.5, 0.6) is 0 Å². The lowest BCUT2D eigenvalue weighted by Crippen LogP contribution is -2.40. The fraction of sp³-hybridized carbons (Fsp3) is 0.533. The molecular weight excluding hydrogens is 332 g/mol. The van der Waals surface area contributed by atoms with Gasteiger partial charge in [-0.25, -0.2) is 13.4 Å². The van der Waals surface area contributed by atoms with E-state index in [9.17, 15) is 13.2 Å². The molecule has 1 aliphatic rings. The van der Waals surface area contributed by atoms with Crippen molar-refractivity contribution in [2.75, 3.05) is 13.1 Å². The van der Waals surface area contributed by atoms with Gasteiger partial charge >= 0.3 is 0 Å². The number of nitrogens with zero attached hydrogens (tertiary/aromatic N) is 4. The van der Waals surface area contributed by atoms with Gasteiger partial charge in [0.2, 0.25) is 10.0 Å². The molecule has 130 valence electrons. The largest absolute Gasteiger partial charge is 0.363 e. The predicted octanol–water partition coefficient (Wildman–Crippen LogP) is 0.949. The Balaban J connectivity index is 1.66. The summed E-state index contributed by atoms with van der Waals surface area (Å²) < 4.78 is 32.5. The van der Waals surface area contributed by atoms with Crippen LogP contribution in [0.4, 0.5) is 0 Å². The standard InChI is InChI=1S/C15H20N4O4S/c1-11-12(2)16-10-18(15(11)20)8-13-3-5-19(6-4-13)24(21,22)14-7-17-23-9-14/h7,9-10,13H,3-6,8H2,1-2H3. The predicted molar refractivity (Wildman–Crippen MR) is 86.0 cm³/mol. The molecule has 0 spiro atoms. The smallest absolute Gasteiger partial charge is 0.256 e. The fourth-order valence-electron chi connectivity index (χ4n) is 2.89. The van der Waals surface area contributed by atoms with E-state index in [0.717, 1.165) is 12.0 Å². The number of rotatable bonds is 4. The number of hydrogen-bond donors (Lipinski definition) is 0. The minimum Gasteiger partial charge on any atom is -0.363 e. The van der Waals surface area contributed by atoms with Crippen LogP contribution in [0.1, 0.15) is 24.1 Å². The molecule has 0 aromatic carbocycles. The van der Waals surface area contributed by atoms with Gasteiger partial charge in [0.25, 0.3) is 5.56 Å². The molecule has 0 unspecified atom stereocenters. The molecule has 3 heterocycles. The van der Waals surface area contributed by atoms with Crippen molar-refractivity contribution >= 4 is 10.0 Å². The average molecular weight is 352 g/mol. The topological polar surface area (TPSA) is 98.3 Å². The Hall–Kier alpha value is -2.00. The van der Waals surface area contributed by atoms with Gasteiger partial charge in [-0.2, -0.15) is 4.31 Å². The van der Waals surface area contributed by atoms with E-state index in [1.54, 1.807) is 17.8 Å². The Labute approximate surface area is 140 Å². The van der Waals surface area contributed by atoms with E-state index in [1.807, 2.05) is 6.92 Å². The summed E-state index contributed by atoms with van der Waals surface area (Å²) in [5.74, 6) is 0.250. The molecule has 1 aliphatic heterocycles. The first-order chi connectivity index (χ1) is 11.4. The highest BCUT2D eigenvalue weighted by Crippen LogP contribution is 2.24. The molecule has 0 saturated carbocycles. The minimum absolute atomic E-state index is 0.0259. The Bertz CT molecular complexity index is 865. The highest BCUT2D eigenvalue weighted by atomic mass is 32.2. The van der Waals surface area contributed by atoms with E-state index in [1.165, 1.54) is 10.5 Å². The van der Waals surface area contributed by atoms with Crippen LogP contribution in [0.25, 0.3) is 0 Å². The van der Waals surface area contributed by atoms with Crippen LogP contribution >= 0.6 is 0 Å². The molecule has 0 amide bonds. The van der Waals surface area contributed by atoms with Crippen LogP contribution in [0.3, 0.4) is 0 Å². The van der Waals surface area contributed by atoms with Gasteiger partial charge in [0.15, 0.2) is 0 Å². The van der Waals surface area contributed by atoms with Gasteiger partial charge in [-0.1, -0.05) is 5.16 Å². The van der Waals surface area contributed by atoms with Crippen molar-refractivity contribution in [3.05, 3.63) is 40.4 Å². The second-order valence-corrected chi connectivity index (χ2v) is 8.06. The summed E-state index contributed by atoms with van der Waals surface area (Å²) in [7, 11) is -3.54. The van der Waals surface area contributed by atoms with Crippen molar-refractivity contribution in [3.63, 3.8) is 0 Å². The van der Waals surface area contributed by atoms with Gasteiger partial charge in [-0.3, -0.25) is 9.36 Å². The van der Waals surface area contributed by atoms with Crippen molar-refractivity contribution in [2.24, 2.45) is 5.92 Å². The van der Waals surface area contributed by atoms with E-state index in [2.05, 4.69) is 14.7 Å². The van der Waals surface area contributed by atoms with E-state index < -0.39 is 10.0 Å². The summed E-state index contributed by atoms with van der Waals surface area (Å²) in [5, 5.41) is 3.45. The van der Waals surface area contributed by atoms with E-state index in [4.69, 9.17) is 0 Å². The molecule has 1 saturated heterocycles. The molecule has 2 aromatic rings. The van der Waals surface area contributed by atoms with Crippen LogP contribution in [0.15, 0.2) is 33.0 Å². The zero-order valence-corrected chi connectivity index (χ0v) is 14.5. The third-order valence-corrected chi connectivity index (χ3v) is 6.43. The number of aromatic nitrogens is 3. The molecule has 0 aliphatic carbocycles. The quantitative estimate of drug-likeness (QED) is 0.812. The Kier molecular flexibility index (Phi) is 4.55. The fourth-order valence-corrected chi connectivity index (χ4v) is 4.22. The van der Waals surface area contributed by atoms with Gasteiger partial charge in [0.1, 0.15) is 11.2 Å². The Morgan fingerprint density at radius 1 is 1.29 bits per heavy atom. The van der Waals surface area contributed by atoms with Gasteiger partial charge in [0.05, 0.1) is 12.5 Å². The summed E-state index contributed by atoms with van der Waals surface area (Å²) in [6, 6.07) is 0. The first-order valence-electron chi connectivity index (χ1n) is 7.82. The van der Waals surface area contributed by atoms with Crippen molar-refractivity contribution < 1.29 is 12.9 Å². The normalized spacial score (nSPS) is 17.2. The summed E-state index contributed by atoms with van der Waals surface area (Å²) >= 11 is 0. The summed E-state index contributed by atoms with van der Waals surface area (Å²) in [6.07, 6.45) is 5.32. The van der Waals surface area contributed by atoms with Crippen LogP contribution in [-0.2, 0) is 16.6 Å². The van der Waals surface area contributed by atoms with Crippen LogP contribution in [0, 0.1) is 19.8 Å². The zero-order chi connectivity index (χ0) is 17.3. The summed E-state index contributed by atoms with van der Waals surface area (Å²) in [4.78, 5) is 16.6. The van der Waals surface area contributed by atoms with Crippen molar-refractivity contribution in [3.8, 4) is 0 Å². The molecule has 24 heavy (non-hydrogen) atoms. The lowest BCUT2D eigenvalue weighted by Gasteiger charge is -2.31. The monoisotopic (exact) mass is 352 g/mol. The van der Waals surface area contributed by atoms with Gasteiger partial charge in [-0.05, 0) is 32.6 Å². The zero-order valence-electron chi connectivity index (χ0n) is 13.7. The minimum atomic E-state index is -3.54. The molecule has 0 N–H and O–H groups in total. The average Bonchev–Trinajstić information content (AvgIpc) is 3.11. The first-order valence-corrected chi connectivity index (χ1v) is 9.26. The SMILES string of the molecule is Cc1ncn(CC2CCN(S(=O)(=O)c3cnoc3)CC2)c(=O)c1C. The highest BCUT2D eigenvalue weighted by Gasteiger charge is 2.30. The lowest BCUT2D eigenvalue weighted by molar-refractivity contribution is 0.250. The summed E-state index contributed by atoms with van der Waals surface area (Å²) in [6.45, 7) is 4.99. The molecule has 0 bridgehead atoms. The number of sulfonamides is 1. The first kappa shape index (κ1) is 16.8. The Morgan fingerprint density at radius 3 is 2.62 bits per heavy atom. The maximum Gasteiger partial charge on any atom is 0.256 e. The van der Waals surface area contributed by atoms with Crippen LogP contribution in [0.2, 0.25) is 0 Å². The second-order valence-electron chi connectivity index (χ2n) is 6.12. The third kappa shape index (κ3) is 3.13. The maximum absolute atomic E-state index is 12.4. The second kappa shape index (κ2) is 6.48.